The zero-order valence-electron chi connectivity index (χ0n) is 8.59. The Balaban J connectivity index is 3.39. The van der Waals surface area contributed by atoms with Crippen LogP contribution in [0.5, 0.6) is 0 Å². The summed E-state index contributed by atoms with van der Waals surface area (Å²) >= 11 is 0. The van der Waals surface area contributed by atoms with Gasteiger partial charge in [-0.3, -0.25) is 4.79 Å². The Labute approximate surface area is 81.2 Å². The minimum atomic E-state index is -0.245. The Morgan fingerprint density at radius 1 is 1.38 bits per heavy atom. The Bertz CT molecular complexity index is 154. The normalized spacial score (nSPS) is 12.4. The molecule has 0 bridgehead atoms. The van der Waals surface area contributed by atoms with E-state index < -0.39 is 0 Å². The van der Waals surface area contributed by atoms with Crippen LogP contribution in [-0.4, -0.2) is 5.91 Å². The molecule has 1 atom stereocenters. The largest absolute Gasteiger partial charge is 0.369 e. The zero-order chi connectivity index (χ0) is 10.1. The van der Waals surface area contributed by atoms with Crippen LogP contribution >= 0.6 is 0 Å². The van der Waals surface area contributed by atoms with Gasteiger partial charge in [0.15, 0.2) is 0 Å². The predicted octanol–water partition coefficient (Wildman–Crippen LogP) is 2.63. The maximum Gasteiger partial charge on any atom is 0.224 e. The number of nitrogens with two attached hydrogens (primary N) is 1. The van der Waals surface area contributed by atoms with Crippen LogP contribution in [-0.2, 0) is 4.79 Å². The number of amides is 1. The van der Waals surface area contributed by atoms with E-state index in [0.29, 0.717) is 0 Å². The van der Waals surface area contributed by atoms with Gasteiger partial charge in [0.1, 0.15) is 0 Å². The number of hydrogen-bond acceptors (Lipinski definition) is 1. The number of carbonyl (C=O) groups is 1. The number of unbranched alkanes of at least 4 members (excludes halogenated alkanes) is 4. The summed E-state index contributed by atoms with van der Waals surface area (Å²) < 4.78 is 0. The third-order valence-corrected chi connectivity index (χ3v) is 2.27. The van der Waals surface area contributed by atoms with Crippen molar-refractivity contribution < 1.29 is 4.79 Å². The molecule has 2 nitrogen and oxygen atoms in total. The van der Waals surface area contributed by atoms with E-state index in [1.165, 1.54) is 25.7 Å². The molecule has 2 N–H and O–H groups in total. The van der Waals surface area contributed by atoms with Crippen molar-refractivity contribution in [3.05, 3.63) is 12.7 Å². The topological polar surface area (TPSA) is 43.1 Å². The maximum atomic E-state index is 10.8. The van der Waals surface area contributed by atoms with E-state index in [0.717, 1.165) is 12.8 Å². The average Bonchev–Trinajstić information content (AvgIpc) is 2.10. The second kappa shape index (κ2) is 7.84. The molecule has 0 heterocycles. The van der Waals surface area contributed by atoms with Crippen molar-refractivity contribution in [2.75, 3.05) is 0 Å². The van der Waals surface area contributed by atoms with Gasteiger partial charge in [-0.1, -0.05) is 45.1 Å². The number of hydrogen-bond donors (Lipinski definition) is 1. The van der Waals surface area contributed by atoms with Gasteiger partial charge in [-0.25, -0.2) is 0 Å². The molecule has 0 fully saturated rings. The van der Waals surface area contributed by atoms with Crippen LogP contribution in [0.25, 0.3) is 0 Å². The standard InChI is InChI=1S/C11H21NO/c1-3-5-6-7-8-9-10(4-2)11(12)13/h4,10H,2-3,5-9H2,1H3,(H2,12,13). The molecule has 0 saturated heterocycles. The van der Waals surface area contributed by atoms with Gasteiger partial charge in [-0.05, 0) is 6.42 Å². The summed E-state index contributed by atoms with van der Waals surface area (Å²) in [5.41, 5.74) is 5.18. The highest BCUT2D eigenvalue weighted by Crippen LogP contribution is 2.11. The van der Waals surface area contributed by atoms with Gasteiger partial charge < -0.3 is 5.73 Å². The Kier molecular flexibility index (Phi) is 7.36. The Morgan fingerprint density at radius 3 is 2.46 bits per heavy atom. The molecule has 0 saturated carbocycles. The van der Waals surface area contributed by atoms with Gasteiger partial charge in [0.2, 0.25) is 5.91 Å². The molecular weight excluding hydrogens is 162 g/mol. The fourth-order valence-corrected chi connectivity index (χ4v) is 1.34. The Morgan fingerprint density at radius 2 is 2.00 bits per heavy atom. The van der Waals surface area contributed by atoms with Crippen LogP contribution in [0.2, 0.25) is 0 Å². The molecule has 0 rings (SSSR count). The van der Waals surface area contributed by atoms with E-state index in [4.69, 9.17) is 5.73 Å². The number of primary amides is 1. The highest BCUT2D eigenvalue weighted by molar-refractivity contribution is 5.78. The molecular formula is C11H21NO. The summed E-state index contributed by atoms with van der Waals surface area (Å²) in [7, 11) is 0. The molecule has 0 aromatic rings. The summed E-state index contributed by atoms with van der Waals surface area (Å²) in [5, 5.41) is 0. The van der Waals surface area contributed by atoms with E-state index in [1.54, 1.807) is 6.08 Å². The van der Waals surface area contributed by atoms with Crippen molar-refractivity contribution in [3.63, 3.8) is 0 Å². The smallest absolute Gasteiger partial charge is 0.224 e. The minimum absolute atomic E-state index is 0.123. The average molecular weight is 183 g/mol. The molecule has 1 amide bonds. The molecule has 0 aliphatic carbocycles. The first-order valence-corrected chi connectivity index (χ1v) is 5.14. The highest BCUT2D eigenvalue weighted by atomic mass is 16.1. The Hall–Kier alpha value is -0.790. The van der Waals surface area contributed by atoms with Gasteiger partial charge in [0.25, 0.3) is 0 Å². The number of rotatable bonds is 8. The van der Waals surface area contributed by atoms with Crippen molar-refractivity contribution in [3.8, 4) is 0 Å². The molecule has 0 aromatic carbocycles. The van der Waals surface area contributed by atoms with Gasteiger partial charge in [-0.15, -0.1) is 6.58 Å². The monoisotopic (exact) mass is 183 g/mol. The second-order valence-corrected chi connectivity index (χ2v) is 3.45. The first-order valence-electron chi connectivity index (χ1n) is 5.14. The maximum absolute atomic E-state index is 10.8. The molecule has 0 aliphatic heterocycles. The molecule has 1 unspecified atom stereocenters. The molecule has 0 aromatic heterocycles. The molecule has 0 aliphatic rings. The van der Waals surface area contributed by atoms with Gasteiger partial charge in [-0.2, -0.15) is 0 Å². The van der Waals surface area contributed by atoms with Crippen LogP contribution in [0, 0.1) is 5.92 Å². The summed E-state index contributed by atoms with van der Waals surface area (Å²) in [6.07, 6.45) is 8.60. The molecule has 76 valence electrons. The lowest BCUT2D eigenvalue weighted by Gasteiger charge is -2.06. The van der Waals surface area contributed by atoms with Gasteiger partial charge >= 0.3 is 0 Å². The van der Waals surface area contributed by atoms with E-state index >= 15 is 0 Å². The van der Waals surface area contributed by atoms with Crippen LogP contribution in [0.4, 0.5) is 0 Å². The third-order valence-electron chi connectivity index (χ3n) is 2.27. The lowest BCUT2D eigenvalue weighted by Crippen LogP contribution is -2.21. The van der Waals surface area contributed by atoms with E-state index in [1.807, 2.05) is 0 Å². The lowest BCUT2D eigenvalue weighted by atomic mass is 10.00. The van der Waals surface area contributed by atoms with Gasteiger partial charge in [0, 0.05) is 0 Å². The van der Waals surface area contributed by atoms with Crippen LogP contribution in [0.15, 0.2) is 12.7 Å². The first-order chi connectivity index (χ1) is 6.22. The third kappa shape index (κ3) is 6.38. The van der Waals surface area contributed by atoms with E-state index in [2.05, 4.69) is 13.5 Å². The molecule has 13 heavy (non-hydrogen) atoms. The van der Waals surface area contributed by atoms with E-state index in [-0.39, 0.29) is 11.8 Å². The van der Waals surface area contributed by atoms with Crippen LogP contribution < -0.4 is 5.73 Å². The van der Waals surface area contributed by atoms with Crippen LogP contribution in [0.1, 0.15) is 45.4 Å². The highest BCUT2D eigenvalue weighted by Gasteiger charge is 2.09. The summed E-state index contributed by atoms with van der Waals surface area (Å²) in [5.74, 6) is -0.368. The SMILES string of the molecule is C=CC(CCCCCCC)C(N)=O. The fraction of sp³-hybridized carbons (Fsp3) is 0.727. The predicted molar refractivity (Wildman–Crippen MR) is 56.3 cm³/mol. The fourth-order valence-electron chi connectivity index (χ4n) is 1.34. The number of carbonyl (C=O) groups excluding carboxylic acids is 1. The molecule has 0 radical (unpaired) electrons. The minimum Gasteiger partial charge on any atom is -0.369 e. The molecule has 0 spiro atoms. The molecule has 2 heteroatoms. The summed E-state index contributed by atoms with van der Waals surface area (Å²) in [4.78, 5) is 10.8. The van der Waals surface area contributed by atoms with Crippen molar-refractivity contribution in [2.45, 2.75) is 45.4 Å². The lowest BCUT2D eigenvalue weighted by molar-refractivity contribution is -0.120. The van der Waals surface area contributed by atoms with Crippen molar-refractivity contribution >= 4 is 5.91 Å². The van der Waals surface area contributed by atoms with Crippen molar-refractivity contribution in [1.82, 2.24) is 0 Å². The van der Waals surface area contributed by atoms with E-state index in [9.17, 15) is 4.79 Å². The van der Waals surface area contributed by atoms with Crippen molar-refractivity contribution in [1.29, 1.82) is 0 Å². The van der Waals surface area contributed by atoms with Crippen molar-refractivity contribution in [2.24, 2.45) is 11.7 Å². The first kappa shape index (κ1) is 12.2. The quantitative estimate of drug-likeness (QED) is 0.456. The van der Waals surface area contributed by atoms with Crippen LogP contribution in [0.3, 0.4) is 0 Å². The summed E-state index contributed by atoms with van der Waals surface area (Å²) in [6, 6.07) is 0. The van der Waals surface area contributed by atoms with Gasteiger partial charge in [0.05, 0.1) is 5.92 Å². The second-order valence-electron chi connectivity index (χ2n) is 3.45. The summed E-state index contributed by atoms with van der Waals surface area (Å²) in [6.45, 7) is 5.79. The zero-order valence-corrected chi connectivity index (χ0v) is 8.59.